The number of halogens is 1. The molecule has 0 N–H and O–H groups in total. The Bertz CT molecular complexity index is 632. The predicted molar refractivity (Wildman–Crippen MR) is 84.8 cm³/mol. The number of benzene rings is 2. The quantitative estimate of drug-likeness (QED) is 0.844. The van der Waals surface area contributed by atoms with Crippen LogP contribution in [0, 0.1) is 19.7 Å². The summed E-state index contributed by atoms with van der Waals surface area (Å²) in [5.74, 6) is 0.307. The number of likely N-dealkylation sites (N-methyl/N-ethyl adjacent to an activating group) is 1. The van der Waals surface area contributed by atoms with E-state index >= 15 is 0 Å². The van der Waals surface area contributed by atoms with Crippen molar-refractivity contribution in [3.8, 4) is 5.75 Å². The normalized spacial score (nSPS) is 10.4. The van der Waals surface area contributed by atoms with Crippen molar-refractivity contribution in [1.29, 1.82) is 0 Å². The SMILES string of the molecule is Cc1cc(C)cc(OCCN(C)C(=O)c2ccc(F)cc2)c1. The minimum Gasteiger partial charge on any atom is -0.492 e. The number of aryl methyl sites for hydroxylation is 2. The van der Waals surface area contributed by atoms with Gasteiger partial charge in [0.1, 0.15) is 18.2 Å². The van der Waals surface area contributed by atoms with Crippen LogP contribution < -0.4 is 4.74 Å². The molecule has 2 rings (SSSR count). The highest BCUT2D eigenvalue weighted by atomic mass is 19.1. The topological polar surface area (TPSA) is 29.5 Å². The molecule has 22 heavy (non-hydrogen) atoms. The first-order chi connectivity index (χ1) is 10.5. The van der Waals surface area contributed by atoms with Crippen molar-refractivity contribution in [1.82, 2.24) is 4.90 Å². The van der Waals surface area contributed by atoms with E-state index in [0.29, 0.717) is 18.7 Å². The highest BCUT2D eigenvalue weighted by Gasteiger charge is 2.11. The molecule has 2 aromatic carbocycles. The zero-order valence-electron chi connectivity index (χ0n) is 13.1. The van der Waals surface area contributed by atoms with E-state index in [1.165, 1.54) is 24.3 Å². The standard InChI is InChI=1S/C18H20FNO2/c1-13-10-14(2)12-17(11-13)22-9-8-20(3)18(21)15-4-6-16(19)7-5-15/h4-7,10-12H,8-9H2,1-3H3. The number of carbonyl (C=O) groups is 1. The van der Waals surface area contributed by atoms with Crippen LogP contribution in [0.5, 0.6) is 5.75 Å². The molecule has 0 saturated carbocycles. The maximum absolute atomic E-state index is 12.9. The zero-order valence-corrected chi connectivity index (χ0v) is 13.1. The molecule has 0 heterocycles. The third-order valence-electron chi connectivity index (χ3n) is 3.33. The van der Waals surface area contributed by atoms with E-state index in [1.807, 2.05) is 26.0 Å². The largest absolute Gasteiger partial charge is 0.492 e. The van der Waals surface area contributed by atoms with Gasteiger partial charge in [-0.15, -0.1) is 0 Å². The van der Waals surface area contributed by atoms with Crippen LogP contribution in [0.25, 0.3) is 0 Å². The molecule has 0 fully saturated rings. The summed E-state index contributed by atoms with van der Waals surface area (Å²) in [5.41, 5.74) is 2.76. The van der Waals surface area contributed by atoms with E-state index in [9.17, 15) is 9.18 Å². The highest BCUT2D eigenvalue weighted by Crippen LogP contribution is 2.16. The van der Waals surface area contributed by atoms with Gasteiger partial charge in [0.2, 0.25) is 0 Å². The molecule has 0 spiro atoms. The number of carbonyl (C=O) groups excluding carboxylic acids is 1. The molecule has 0 bridgehead atoms. The molecular weight excluding hydrogens is 281 g/mol. The van der Waals surface area contributed by atoms with Gasteiger partial charge in [-0.05, 0) is 61.4 Å². The van der Waals surface area contributed by atoms with Gasteiger partial charge in [-0.3, -0.25) is 4.79 Å². The maximum atomic E-state index is 12.9. The lowest BCUT2D eigenvalue weighted by Gasteiger charge is -2.18. The monoisotopic (exact) mass is 301 g/mol. The van der Waals surface area contributed by atoms with Crippen LogP contribution in [0.3, 0.4) is 0 Å². The van der Waals surface area contributed by atoms with Crippen LogP contribution in [0.1, 0.15) is 21.5 Å². The molecule has 116 valence electrons. The molecule has 0 aliphatic rings. The van der Waals surface area contributed by atoms with Crippen molar-refractivity contribution < 1.29 is 13.9 Å². The van der Waals surface area contributed by atoms with Gasteiger partial charge < -0.3 is 9.64 Å². The average molecular weight is 301 g/mol. The molecule has 0 atom stereocenters. The van der Waals surface area contributed by atoms with Crippen molar-refractivity contribution in [2.45, 2.75) is 13.8 Å². The molecule has 0 unspecified atom stereocenters. The first-order valence-corrected chi connectivity index (χ1v) is 7.18. The molecule has 1 amide bonds. The average Bonchev–Trinajstić information content (AvgIpc) is 2.46. The molecule has 2 aromatic rings. The lowest BCUT2D eigenvalue weighted by atomic mass is 10.1. The number of hydrogen-bond acceptors (Lipinski definition) is 2. The van der Waals surface area contributed by atoms with Crippen molar-refractivity contribution in [2.24, 2.45) is 0 Å². The Morgan fingerprint density at radius 3 is 2.27 bits per heavy atom. The summed E-state index contributed by atoms with van der Waals surface area (Å²) in [7, 11) is 1.70. The smallest absolute Gasteiger partial charge is 0.253 e. The Kier molecular flexibility index (Phi) is 5.15. The predicted octanol–water partition coefficient (Wildman–Crippen LogP) is 3.59. The van der Waals surface area contributed by atoms with E-state index < -0.39 is 0 Å². The summed E-state index contributed by atoms with van der Waals surface area (Å²) in [6.07, 6.45) is 0. The van der Waals surface area contributed by atoms with Gasteiger partial charge in [0.15, 0.2) is 0 Å². The Balaban J connectivity index is 1.88. The molecule has 3 nitrogen and oxygen atoms in total. The van der Waals surface area contributed by atoms with E-state index in [1.54, 1.807) is 11.9 Å². The number of nitrogens with zero attached hydrogens (tertiary/aromatic N) is 1. The fourth-order valence-electron chi connectivity index (χ4n) is 2.23. The molecule has 0 radical (unpaired) electrons. The van der Waals surface area contributed by atoms with Gasteiger partial charge in [0, 0.05) is 12.6 Å². The summed E-state index contributed by atoms with van der Waals surface area (Å²) in [4.78, 5) is 13.7. The number of amides is 1. The number of ether oxygens (including phenoxy) is 1. The van der Waals surface area contributed by atoms with Crippen molar-refractivity contribution in [2.75, 3.05) is 20.2 Å². The van der Waals surface area contributed by atoms with Crippen molar-refractivity contribution >= 4 is 5.91 Å². The molecule has 0 aliphatic heterocycles. The van der Waals surface area contributed by atoms with E-state index in [-0.39, 0.29) is 11.7 Å². The fraction of sp³-hybridized carbons (Fsp3) is 0.278. The second-order valence-electron chi connectivity index (χ2n) is 5.41. The summed E-state index contributed by atoms with van der Waals surface area (Å²) in [6.45, 7) is 4.91. The molecule has 0 aromatic heterocycles. The molecule has 0 saturated heterocycles. The summed E-state index contributed by atoms with van der Waals surface area (Å²) in [6, 6.07) is 11.6. The van der Waals surface area contributed by atoms with Gasteiger partial charge in [0.25, 0.3) is 5.91 Å². The fourth-order valence-corrected chi connectivity index (χ4v) is 2.23. The first kappa shape index (κ1) is 16.0. The minimum atomic E-state index is -0.350. The Labute approximate surface area is 130 Å². The lowest BCUT2D eigenvalue weighted by molar-refractivity contribution is 0.0773. The van der Waals surface area contributed by atoms with Gasteiger partial charge in [-0.1, -0.05) is 6.07 Å². The Morgan fingerprint density at radius 2 is 1.68 bits per heavy atom. The van der Waals surface area contributed by atoms with Crippen LogP contribution >= 0.6 is 0 Å². The van der Waals surface area contributed by atoms with Gasteiger partial charge >= 0.3 is 0 Å². The van der Waals surface area contributed by atoms with Crippen molar-refractivity contribution in [3.63, 3.8) is 0 Å². The first-order valence-electron chi connectivity index (χ1n) is 7.18. The summed E-state index contributed by atoms with van der Waals surface area (Å²) < 4.78 is 18.6. The maximum Gasteiger partial charge on any atom is 0.253 e. The molecular formula is C18H20FNO2. The molecule has 0 aliphatic carbocycles. The van der Waals surface area contributed by atoms with Gasteiger partial charge in [-0.2, -0.15) is 0 Å². The Morgan fingerprint density at radius 1 is 1.09 bits per heavy atom. The third kappa shape index (κ3) is 4.32. The Hall–Kier alpha value is -2.36. The van der Waals surface area contributed by atoms with Crippen LogP contribution in [0.4, 0.5) is 4.39 Å². The van der Waals surface area contributed by atoms with E-state index in [2.05, 4.69) is 6.07 Å². The summed E-state index contributed by atoms with van der Waals surface area (Å²) >= 11 is 0. The van der Waals surface area contributed by atoms with Crippen LogP contribution in [0.15, 0.2) is 42.5 Å². The van der Waals surface area contributed by atoms with Crippen LogP contribution in [0.2, 0.25) is 0 Å². The zero-order chi connectivity index (χ0) is 16.1. The highest BCUT2D eigenvalue weighted by molar-refractivity contribution is 5.93. The van der Waals surface area contributed by atoms with Crippen LogP contribution in [-0.4, -0.2) is 31.0 Å². The number of rotatable bonds is 5. The molecule has 4 heteroatoms. The van der Waals surface area contributed by atoms with Crippen LogP contribution in [-0.2, 0) is 0 Å². The van der Waals surface area contributed by atoms with E-state index in [0.717, 1.165) is 16.9 Å². The van der Waals surface area contributed by atoms with E-state index in [4.69, 9.17) is 4.74 Å². The number of hydrogen-bond donors (Lipinski definition) is 0. The van der Waals surface area contributed by atoms with Gasteiger partial charge in [0.05, 0.1) is 6.54 Å². The third-order valence-corrected chi connectivity index (χ3v) is 3.33. The second-order valence-corrected chi connectivity index (χ2v) is 5.41. The van der Waals surface area contributed by atoms with Crippen molar-refractivity contribution in [3.05, 3.63) is 65.0 Å². The summed E-state index contributed by atoms with van der Waals surface area (Å²) in [5, 5.41) is 0. The van der Waals surface area contributed by atoms with Gasteiger partial charge in [-0.25, -0.2) is 4.39 Å². The lowest BCUT2D eigenvalue weighted by Crippen LogP contribution is -2.30. The second kappa shape index (κ2) is 7.07. The minimum absolute atomic E-state index is 0.149.